The van der Waals surface area contributed by atoms with Gasteiger partial charge in [-0.1, -0.05) is 18.2 Å². The molecule has 26 heavy (non-hydrogen) atoms. The summed E-state index contributed by atoms with van der Waals surface area (Å²) in [6.07, 6.45) is 3.88. The first-order chi connectivity index (χ1) is 12.7. The van der Waals surface area contributed by atoms with Gasteiger partial charge in [0.05, 0.1) is 16.8 Å². The summed E-state index contributed by atoms with van der Waals surface area (Å²) in [7, 11) is 0. The van der Waals surface area contributed by atoms with Gasteiger partial charge in [0.25, 0.3) is 5.91 Å². The Kier molecular flexibility index (Phi) is 3.97. The maximum atomic E-state index is 12.5. The second kappa shape index (κ2) is 6.44. The zero-order valence-electron chi connectivity index (χ0n) is 14.3. The quantitative estimate of drug-likeness (QED) is 0.563. The molecule has 2 aromatic carbocycles. The molecule has 0 unspecified atom stereocenters. The van der Waals surface area contributed by atoms with Gasteiger partial charge in [-0.3, -0.25) is 14.6 Å². The number of fused-ring (bicyclic) bond motifs is 3. The number of pyridine rings is 1. The number of hydrogen-bond acceptors (Lipinski definition) is 3. The summed E-state index contributed by atoms with van der Waals surface area (Å²) in [5.74, 6) is -0.292. The molecule has 0 aliphatic rings. The predicted octanol–water partition coefficient (Wildman–Crippen LogP) is 4.27. The van der Waals surface area contributed by atoms with Gasteiger partial charge in [-0.15, -0.1) is 0 Å². The number of benzene rings is 2. The molecule has 128 valence electrons. The van der Waals surface area contributed by atoms with Gasteiger partial charge in [0.15, 0.2) is 6.29 Å². The molecular weight excluding hydrogens is 326 g/mol. The van der Waals surface area contributed by atoms with Gasteiger partial charge in [-0.05, 0) is 37.3 Å². The first kappa shape index (κ1) is 16.0. The Morgan fingerprint density at radius 1 is 1.12 bits per heavy atom. The highest BCUT2D eigenvalue weighted by atomic mass is 16.1. The number of rotatable bonds is 4. The van der Waals surface area contributed by atoms with Crippen molar-refractivity contribution in [3.63, 3.8) is 0 Å². The highest BCUT2D eigenvalue weighted by molar-refractivity contribution is 6.13. The van der Waals surface area contributed by atoms with Gasteiger partial charge >= 0.3 is 0 Å². The Bertz CT molecular complexity index is 1130. The summed E-state index contributed by atoms with van der Waals surface area (Å²) >= 11 is 0. The van der Waals surface area contributed by atoms with E-state index in [1.807, 2.05) is 30.3 Å². The number of nitrogens with one attached hydrogen (secondary N) is 1. The van der Waals surface area contributed by atoms with Crippen LogP contribution in [-0.4, -0.2) is 21.7 Å². The van der Waals surface area contributed by atoms with Gasteiger partial charge in [-0.25, -0.2) is 0 Å². The number of para-hydroxylation sites is 1. The van der Waals surface area contributed by atoms with Gasteiger partial charge in [0.2, 0.25) is 0 Å². The highest BCUT2D eigenvalue weighted by Gasteiger charge is 2.15. The van der Waals surface area contributed by atoms with Crippen molar-refractivity contribution in [2.75, 3.05) is 5.32 Å². The van der Waals surface area contributed by atoms with Crippen LogP contribution in [0.1, 0.15) is 27.6 Å². The lowest BCUT2D eigenvalue weighted by atomic mass is 10.1. The van der Waals surface area contributed by atoms with E-state index in [1.165, 1.54) is 6.20 Å². The van der Waals surface area contributed by atoms with Crippen LogP contribution in [0, 0.1) is 0 Å². The molecule has 4 rings (SSSR count). The van der Waals surface area contributed by atoms with Crippen molar-refractivity contribution in [2.24, 2.45) is 0 Å². The Morgan fingerprint density at radius 2 is 1.96 bits per heavy atom. The molecule has 0 bridgehead atoms. The molecule has 1 amide bonds. The number of hydrogen-bond donors (Lipinski definition) is 1. The SMILES string of the molecule is CCn1c2ccccc2c2cc(C=O)c(NC(=O)c3cccnc3)cc21. The van der Waals surface area contributed by atoms with Crippen LogP contribution in [0.5, 0.6) is 0 Å². The van der Waals surface area contributed by atoms with Crippen LogP contribution in [0.15, 0.2) is 60.9 Å². The average molecular weight is 343 g/mol. The molecule has 1 N–H and O–H groups in total. The van der Waals surface area contributed by atoms with Crippen molar-refractivity contribution in [1.29, 1.82) is 0 Å². The number of aromatic nitrogens is 2. The largest absolute Gasteiger partial charge is 0.341 e. The van der Waals surface area contributed by atoms with Crippen LogP contribution in [0.2, 0.25) is 0 Å². The van der Waals surface area contributed by atoms with E-state index in [4.69, 9.17) is 0 Å². The third-order valence-corrected chi connectivity index (χ3v) is 4.56. The summed E-state index contributed by atoms with van der Waals surface area (Å²) in [5, 5.41) is 4.94. The number of carbonyl (C=O) groups excluding carboxylic acids is 2. The van der Waals surface area contributed by atoms with Crippen LogP contribution >= 0.6 is 0 Å². The van der Waals surface area contributed by atoms with E-state index < -0.39 is 0 Å². The van der Waals surface area contributed by atoms with Crippen molar-refractivity contribution in [2.45, 2.75) is 13.5 Å². The zero-order valence-corrected chi connectivity index (χ0v) is 14.3. The first-order valence-electron chi connectivity index (χ1n) is 8.44. The Hall–Kier alpha value is -3.47. The summed E-state index contributed by atoms with van der Waals surface area (Å²) in [6, 6.07) is 15.2. The molecule has 0 fully saturated rings. The third kappa shape index (κ3) is 2.54. The van der Waals surface area contributed by atoms with Crippen molar-refractivity contribution in [3.05, 3.63) is 72.1 Å². The fourth-order valence-corrected chi connectivity index (χ4v) is 3.35. The highest BCUT2D eigenvalue weighted by Crippen LogP contribution is 2.32. The normalized spacial score (nSPS) is 11.0. The second-order valence-corrected chi connectivity index (χ2v) is 6.03. The molecule has 0 radical (unpaired) electrons. The van der Waals surface area contributed by atoms with E-state index >= 15 is 0 Å². The average Bonchev–Trinajstić information content (AvgIpc) is 3.00. The number of nitrogens with zero attached hydrogens (tertiary/aromatic N) is 2. The minimum absolute atomic E-state index is 0.292. The summed E-state index contributed by atoms with van der Waals surface area (Å²) in [4.78, 5) is 28.1. The first-order valence-corrected chi connectivity index (χ1v) is 8.44. The minimum atomic E-state index is -0.292. The Labute approximate surface area is 150 Å². The molecule has 0 spiro atoms. The van der Waals surface area contributed by atoms with Gasteiger partial charge in [-0.2, -0.15) is 0 Å². The molecule has 0 aliphatic carbocycles. The van der Waals surface area contributed by atoms with Crippen LogP contribution in [0.25, 0.3) is 21.8 Å². The Morgan fingerprint density at radius 3 is 2.69 bits per heavy atom. The third-order valence-electron chi connectivity index (χ3n) is 4.56. The lowest BCUT2D eigenvalue weighted by Crippen LogP contribution is -2.13. The fraction of sp³-hybridized carbons (Fsp3) is 0.0952. The molecular formula is C21H17N3O2. The van der Waals surface area contributed by atoms with Crippen LogP contribution in [0.4, 0.5) is 5.69 Å². The van der Waals surface area contributed by atoms with Crippen molar-refractivity contribution in [1.82, 2.24) is 9.55 Å². The molecule has 0 saturated carbocycles. The molecule has 5 heteroatoms. The summed E-state index contributed by atoms with van der Waals surface area (Å²) in [6.45, 7) is 2.87. The standard InChI is InChI=1S/C21H17N3O2/c1-2-24-19-8-4-3-7-16(19)17-10-15(13-25)18(11-20(17)24)23-21(26)14-6-5-9-22-12-14/h3-13H,2H2,1H3,(H,23,26). The molecule has 5 nitrogen and oxygen atoms in total. The van der Waals surface area contributed by atoms with Crippen LogP contribution < -0.4 is 5.32 Å². The van der Waals surface area contributed by atoms with Crippen LogP contribution in [-0.2, 0) is 6.54 Å². The fourth-order valence-electron chi connectivity index (χ4n) is 3.35. The maximum Gasteiger partial charge on any atom is 0.257 e. The summed E-state index contributed by atoms with van der Waals surface area (Å²) in [5.41, 5.74) is 3.49. The van der Waals surface area contributed by atoms with Crippen molar-refractivity contribution >= 4 is 39.7 Å². The van der Waals surface area contributed by atoms with Crippen molar-refractivity contribution < 1.29 is 9.59 Å². The topological polar surface area (TPSA) is 64.0 Å². The Balaban J connectivity index is 1.88. The lowest BCUT2D eigenvalue weighted by Gasteiger charge is -2.10. The molecule has 2 aromatic heterocycles. The zero-order chi connectivity index (χ0) is 18.1. The van der Waals surface area contributed by atoms with E-state index in [2.05, 4.69) is 27.9 Å². The van der Waals surface area contributed by atoms with E-state index in [0.29, 0.717) is 16.8 Å². The number of aldehydes is 1. The maximum absolute atomic E-state index is 12.5. The minimum Gasteiger partial charge on any atom is -0.341 e. The molecule has 0 atom stereocenters. The van der Waals surface area contributed by atoms with E-state index in [-0.39, 0.29) is 5.91 Å². The van der Waals surface area contributed by atoms with Crippen molar-refractivity contribution in [3.8, 4) is 0 Å². The molecule has 0 saturated heterocycles. The van der Waals surface area contributed by atoms with E-state index in [0.717, 1.165) is 34.6 Å². The molecule has 4 aromatic rings. The number of amides is 1. The van der Waals surface area contributed by atoms with Gasteiger partial charge in [0.1, 0.15) is 0 Å². The van der Waals surface area contributed by atoms with Crippen LogP contribution in [0.3, 0.4) is 0 Å². The second-order valence-electron chi connectivity index (χ2n) is 6.03. The van der Waals surface area contributed by atoms with E-state index in [1.54, 1.807) is 18.3 Å². The van der Waals surface area contributed by atoms with Gasteiger partial charge < -0.3 is 9.88 Å². The van der Waals surface area contributed by atoms with Gasteiger partial charge in [0, 0.05) is 40.8 Å². The number of aryl methyl sites for hydroxylation is 1. The smallest absolute Gasteiger partial charge is 0.257 e. The van der Waals surface area contributed by atoms with E-state index in [9.17, 15) is 9.59 Å². The predicted molar refractivity (Wildman–Crippen MR) is 103 cm³/mol. The molecule has 2 heterocycles. The summed E-state index contributed by atoms with van der Waals surface area (Å²) < 4.78 is 2.18. The monoisotopic (exact) mass is 343 g/mol. The number of anilines is 1. The molecule has 0 aliphatic heterocycles. The lowest BCUT2D eigenvalue weighted by molar-refractivity contribution is 0.102. The number of carbonyl (C=O) groups is 2.